The zero-order valence-corrected chi connectivity index (χ0v) is 12.2. The molecule has 0 amide bonds. The Bertz CT molecular complexity index is 597. The summed E-state index contributed by atoms with van der Waals surface area (Å²) in [6, 6.07) is 1.69. The van der Waals surface area contributed by atoms with Gasteiger partial charge in [-0.1, -0.05) is 35.0 Å². The van der Waals surface area contributed by atoms with Gasteiger partial charge in [-0.3, -0.25) is 4.79 Å². The zero-order valence-electron chi connectivity index (χ0n) is 9.05. The number of carbonyl (C=O) groups is 1. The summed E-state index contributed by atoms with van der Waals surface area (Å²) >= 11 is 14.2. The number of aromatic nitrogens is 3. The summed E-state index contributed by atoms with van der Waals surface area (Å²) in [5, 5.41) is 13.3. The van der Waals surface area contributed by atoms with E-state index in [9.17, 15) is 4.79 Å². The van der Waals surface area contributed by atoms with Crippen LogP contribution in [0.4, 0.5) is 0 Å². The molecule has 0 fully saturated rings. The minimum absolute atomic E-state index is 0.0654. The third-order valence-electron chi connectivity index (χ3n) is 1.95. The van der Waals surface area contributed by atoms with Gasteiger partial charge in [0.05, 0.1) is 15.7 Å². The first-order valence-electron chi connectivity index (χ1n) is 4.68. The van der Waals surface area contributed by atoms with Gasteiger partial charge >= 0.3 is 5.97 Å². The number of hydrogen-bond donors (Lipinski definition) is 1. The topological polar surface area (TPSA) is 68.0 Å². The van der Waals surface area contributed by atoms with Crippen molar-refractivity contribution in [1.29, 1.82) is 0 Å². The number of hydrogen-bond acceptors (Lipinski definition) is 5. The maximum atomic E-state index is 10.5. The molecule has 0 spiro atoms. The maximum absolute atomic E-state index is 10.5. The molecule has 5 nitrogen and oxygen atoms in total. The molecule has 0 radical (unpaired) electrons. The first-order valence-corrected chi connectivity index (χ1v) is 7.24. The van der Waals surface area contributed by atoms with Gasteiger partial charge in [0.25, 0.3) is 0 Å². The second kappa shape index (κ2) is 5.48. The lowest BCUT2D eigenvalue weighted by molar-refractivity contribution is -0.133. The lowest BCUT2D eigenvalue weighted by Gasteiger charge is -1.94. The Morgan fingerprint density at radius 1 is 1.61 bits per heavy atom. The summed E-state index contributed by atoms with van der Waals surface area (Å²) in [6.07, 6.45) is 0. The van der Waals surface area contributed by atoms with E-state index >= 15 is 0 Å². The van der Waals surface area contributed by atoms with Crippen LogP contribution in [0.2, 0.25) is 8.67 Å². The second-order valence-electron chi connectivity index (χ2n) is 3.26. The third kappa shape index (κ3) is 2.97. The van der Waals surface area contributed by atoms with E-state index in [2.05, 4.69) is 10.1 Å². The molecule has 0 saturated heterocycles. The number of thioether (sulfide) groups is 1. The van der Waals surface area contributed by atoms with E-state index in [-0.39, 0.29) is 5.75 Å². The van der Waals surface area contributed by atoms with E-state index in [1.165, 1.54) is 16.0 Å². The summed E-state index contributed by atoms with van der Waals surface area (Å²) in [5.74, 6) is -0.524. The molecule has 0 aliphatic heterocycles. The average molecular weight is 324 g/mol. The van der Waals surface area contributed by atoms with Gasteiger partial charge < -0.3 is 5.11 Å². The van der Waals surface area contributed by atoms with E-state index in [4.69, 9.17) is 28.3 Å². The zero-order chi connectivity index (χ0) is 13.3. The molecule has 2 heterocycles. The van der Waals surface area contributed by atoms with Crippen molar-refractivity contribution in [2.24, 2.45) is 7.05 Å². The lowest BCUT2D eigenvalue weighted by Crippen LogP contribution is -2.00. The smallest absolute Gasteiger partial charge is 0.313 e. The van der Waals surface area contributed by atoms with Crippen LogP contribution in [-0.4, -0.2) is 31.6 Å². The first-order chi connectivity index (χ1) is 8.47. The predicted octanol–water partition coefficient (Wildman–Crippen LogP) is 3.03. The van der Waals surface area contributed by atoms with Crippen LogP contribution in [0, 0.1) is 0 Å². The number of rotatable bonds is 4. The molecule has 0 aliphatic carbocycles. The van der Waals surface area contributed by atoms with Gasteiger partial charge in [-0.05, 0) is 6.07 Å². The summed E-state index contributed by atoms with van der Waals surface area (Å²) in [6.45, 7) is 0. The van der Waals surface area contributed by atoms with Gasteiger partial charge in [0.1, 0.15) is 4.34 Å². The molecule has 96 valence electrons. The van der Waals surface area contributed by atoms with Gasteiger partial charge in [-0.15, -0.1) is 11.3 Å². The normalized spacial score (nSPS) is 10.8. The quantitative estimate of drug-likeness (QED) is 0.876. The molecule has 18 heavy (non-hydrogen) atoms. The predicted molar refractivity (Wildman–Crippen MR) is 72.7 cm³/mol. The molecule has 2 aromatic heterocycles. The van der Waals surface area contributed by atoms with Gasteiger partial charge in [0.2, 0.25) is 0 Å². The second-order valence-corrected chi connectivity index (χ2v) is 6.49. The van der Waals surface area contributed by atoms with Crippen molar-refractivity contribution in [3.63, 3.8) is 0 Å². The van der Waals surface area contributed by atoms with Gasteiger partial charge in [-0.25, -0.2) is 9.67 Å². The average Bonchev–Trinajstić information content (AvgIpc) is 2.79. The molecule has 2 aromatic rings. The van der Waals surface area contributed by atoms with Crippen LogP contribution in [0.25, 0.3) is 11.4 Å². The molecular weight excluding hydrogens is 317 g/mol. The SMILES string of the molecule is Cn1nc(-c2cc(Cl)sc2Cl)nc1SCC(=O)O. The number of aryl methyl sites for hydroxylation is 1. The fourth-order valence-electron chi connectivity index (χ4n) is 1.23. The molecule has 0 aromatic carbocycles. The highest BCUT2D eigenvalue weighted by Gasteiger charge is 2.16. The molecule has 9 heteroatoms. The van der Waals surface area contributed by atoms with E-state index < -0.39 is 5.97 Å². The van der Waals surface area contributed by atoms with Crippen molar-refractivity contribution in [1.82, 2.24) is 14.8 Å². The standard InChI is InChI=1S/C9H7Cl2N3O2S2/c1-14-9(17-3-6(15)16)12-8(13-14)4-2-5(10)18-7(4)11/h2H,3H2,1H3,(H,15,16). The van der Waals surface area contributed by atoms with E-state index in [0.717, 1.165) is 11.8 Å². The van der Waals surface area contributed by atoms with Crippen molar-refractivity contribution in [3.05, 3.63) is 14.7 Å². The highest BCUT2D eigenvalue weighted by atomic mass is 35.5. The molecule has 0 bridgehead atoms. The molecule has 0 unspecified atom stereocenters. The number of nitrogens with zero attached hydrogens (tertiary/aromatic N) is 3. The summed E-state index contributed by atoms with van der Waals surface area (Å²) < 4.78 is 2.59. The largest absolute Gasteiger partial charge is 0.481 e. The van der Waals surface area contributed by atoms with Crippen LogP contribution in [0.5, 0.6) is 0 Å². The maximum Gasteiger partial charge on any atom is 0.313 e. The van der Waals surface area contributed by atoms with Gasteiger partial charge in [-0.2, -0.15) is 5.10 Å². The number of carboxylic acid groups (broad SMARTS) is 1. The van der Waals surface area contributed by atoms with Gasteiger partial charge in [0.15, 0.2) is 11.0 Å². The van der Waals surface area contributed by atoms with Crippen LogP contribution in [0.1, 0.15) is 0 Å². The molecule has 0 atom stereocenters. The molecule has 0 saturated carbocycles. The Hall–Kier alpha value is -0.760. The highest BCUT2D eigenvalue weighted by Crippen LogP contribution is 2.37. The Morgan fingerprint density at radius 2 is 2.33 bits per heavy atom. The summed E-state index contributed by atoms with van der Waals surface area (Å²) in [7, 11) is 1.70. The fraction of sp³-hybridized carbons (Fsp3) is 0.222. The Kier molecular flexibility index (Phi) is 4.16. The number of halogens is 2. The summed E-state index contributed by atoms with van der Waals surface area (Å²) in [5.41, 5.74) is 0.657. The fourth-order valence-corrected chi connectivity index (χ4v) is 3.32. The molecule has 0 aliphatic rings. The van der Waals surface area contributed by atoms with Crippen LogP contribution in [0.3, 0.4) is 0 Å². The minimum Gasteiger partial charge on any atom is -0.481 e. The van der Waals surface area contributed by atoms with Gasteiger partial charge in [0, 0.05) is 7.05 Å². The molecule has 2 rings (SSSR count). The van der Waals surface area contributed by atoms with Crippen LogP contribution in [-0.2, 0) is 11.8 Å². The van der Waals surface area contributed by atoms with Crippen molar-refractivity contribution < 1.29 is 9.90 Å². The Morgan fingerprint density at radius 3 is 2.89 bits per heavy atom. The third-order valence-corrected chi connectivity index (χ3v) is 4.44. The number of aliphatic carboxylic acids is 1. The van der Waals surface area contributed by atoms with Crippen LogP contribution in [0.15, 0.2) is 11.2 Å². The van der Waals surface area contributed by atoms with Crippen molar-refractivity contribution >= 4 is 52.3 Å². The Balaban J connectivity index is 2.28. The number of thiophene rings is 1. The Labute approximate surface area is 121 Å². The lowest BCUT2D eigenvalue weighted by atomic mass is 10.3. The van der Waals surface area contributed by atoms with Crippen LogP contribution >= 0.6 is 46.3 Å². The van der Waals surface area contributed by atoms with E-state index in [1.54, 1.807) is 13.1 Å². The monoisotopic (exact) mass is 323 g/mol. The molecule has 1 N–H and O–H groups in total. The molecular formula is C9H7Cl2N3O2S2. The van der Waals surface area contributed by atoms with Crippen molar-refractivity contribution in [3.8, 4) is 11.4 Å². The van der Waals surface area contributed by atoms with E-state index in [1.807, 2.05) is 0 Å². The van der Waals surface area contributed by atoms with E-state index in [0.29, 0.717) is 25.2 Å². The van der Waals surface area contributed by atoms with Crippen molar-refractivity contribution in [2.45, 2.75) is 5.16 Å². The first kappa shape index (κ1) is 13.7. The highest BCUT2D eigenvalue weighted by molar-refractivity contribution is 7.99. The minimum atomic E-state index is -0.902. The number of carboxylic acids is 1. The van der Waals surface area contributed by atoms with Crippen molar-refractivity contribution in [2.75, 3.05) is 5.75 Å². The van der Waals surface area contributed by atoms with Crippen LogP contribution < -0.4 is 0 Å². The summed E-state index contributed by atoms with van der Waals surface area (Å²) in [4.78, 5) is 14.7.